The summed E-state index contributed by atoms with van der Waals surface area (Å²) in [5.41, 5.74) is 6.13. The Bertz CT molecular complexity index is 1080. The second kappa shape index (κ2) is 8.77. The molecule has 0 saturated carbocycles. The zero-order chi connectivity index (χ0) is 21.3. The summed E-state index contributed by atoms with van der Waals surface area (Å²) in [6.07, 6.45) is 4.67. The first-order valence-electron chi connectivity index (χ1n) is 10.00. The lowest BCUT2D eigenvalue weighted by atomic mass is 9.89. The summed E-state index contributed by atoms with van der Waals surface area (Å²) in [6, 6.07) is 3.14. The van der Waals surface area contributed by atoms with Crippen molar-refractivity contribution in [3.63, 3.8) is 0 Å². The van der Waals surface area contributed by atoms with E-state index >= 15 is 0 Å². The highest BCUT2D eigenvalue weighted by Crippen LogP contribution is 2.41. The van der Waals surface area contributed by atoms with Crippen LogP contribution in [0.15, 0.2) is 27.8 Å². The number of aromatic nitrogens is 2. The van der Waals surface area contributed by atoms with E-state index in [0.29, 0.717) is 5.92 Å². The number of carbonyl (C=O) groups excluding carboxylic acids is 2. The normalized spacial score (nSPS) is 15.9. The SMILES string of the molecule is CC1CCc2c(sc3nc(C(C)C)nc(SCC(=O)NNC(=O)c4ccco4)c23)C1. The molecule has 1 unspecified atom stereocenters. The Balaban J connectivity index is 1.51. The second-order valence-electron chi connectivity index (χ2n) is 7.84. The number of thioether (sulfide) groups is 1. The van der Waals surface area contributed by atoms with Crippen molar-refractivity contribution in [2.75, 3.05) is 5.75 Å². The van der Waals surface area contributed by atoms with Gasteiger partial charge in [-0.05, 0) is 42.9 Å². The van der Waals surface area contributed by atoms with Gasteiger partial charge in [-0.2, -0.15) is 0 Å². The fourth-order valence-corrected chi connectivity index (χ4v) is 5.77. The van der Waals surface area contributed by atoms with Gasteiger partial charge in [-0.3, -0.25) is 20.4 Å². The molecule has 3 heterocycles. The van der Waals surface area contributed by atoms with Crippen molar-refractivity contribution in [1.82, 2.24) is 20.8 Å². The van der Waals surface area contributed by atoms with Crippen molar-refractivity contribution in [3.05, 3.63) is 40.4 Å². The van der Waals surface area contributed by atoms with E-state index in [9.17, 15) is 9.59 Å². The Kier molecular flexibility index (Phi) is 6.10. The lowest BCUT2D eigenvalue weighted by Gasteiger charge is -2.18. The fourth-order valence-electron chi connectivity index (χ4n) is 3.45. The number of nitrogens with zero attached hydrogens (tertiary/aromatic N) is 2. The second-order valence-corrected chi connectivity index (χ2v) is 9.89. The number of furan rings is 1. The molecule has 0 spiro atoms. The van der Waals surface area contributed by atoms with E-state index in [1.165, 1.54) is 34.5 Å². The Morgan fingerprint density at radius 2 is 2.17 bits per heavy atom. The van der Waals surface area contributed by atoms with Gasteiger partial charge in [0.2, 0.25) is 5.91 Å². The van der Waals surface area contributed by atoms with Gasteiger partial charge in [0.15, 0.2) is 5.76 Å². The number of fused-ring (bicyclic) bond motifs is 3. The van der Waals surface area contributed by atoms with Gasteiger partial charge < -0.3 is 4.42 Å². The minimum Gasteiger partial charge on any atom is -0.459 e. The summed E-state index contributed by atoms with van der Waals surface area (Å²) in [7, 11) is 0. The number of carbonyl (C=O) groups is 2. The Labute approximate surface area is 183 Å². The zero-order valence-corrected chi connectivity index (χ0v) is 18.8. The molecule has 3 aromatic rings. The van der Waals surface area contributed by atoms with E-state index in [0.717, 1.165) is 40.3 Å². The highest BCUT2D eigenvalue weighted by atomic mass is 32.2. The number of hydrogen-bond donors (Lipinski definition) is 2. The largest absolute Gasteiger partial charge is 0.459 e. The van der Waals surface area contributed by atoms with E-state index in [4.69, 9.17) is 14.4 Å². The summed E-state index contributed by atoms with van der Waals surface area (Å²) < 4.78 is 5.01. The molecule has 0 radical (unpaired) electrons. The van der Waals surface area contributed by atoms with Crippen LogP contribution in [0, 0.1) is 5.92 Å². The predicted molar refractivity (Wildman–Crippen MR) is 118 cm³/mol. The van der Waals surface area contributed by atoms with E-state index in [-0.39, 0.29) is 23.3 Å². The topological polar surface area (TPSA) is 97.1 Å². The van der Waals surface area contributed by atoms with Gasteiger partial charge >= 0.3 is 5.91 Å². The van der Waals surface area contributed by atoms with Gasteiger partial charge in [0.1, 0.15) is 15.7 Å². The van der Waals surface area contributed by atoms with Gasteiger partial charge in [-0.1, -0.05) is 32.5 Å². The van der Waals surface area contributed by atoms with Crippen molar-refractivity contribution >= 4 is 45.1 Å². The molecule has 0 saturated heterocycles. The first-order chi connectivity index (χ1) is 14.4. The van der Waals surface area contributed by atoms with E-state index in [1.54, 1.807) is 17.4 Å². The van der Waals surface area contributed by atoms with Crippen LogP contribution in [0.2, 0.25) is 0 Å². The molecule has 7 nitrogen and oxygen atoms in total. The van der Waals surface area contributed by atoms with Crippen molar-refractivity contribution in [2.24, 2.45) is 5.92 Å². The Morgan fingerprint density at radius 1 is 1.33 bits per heavy atom. The molecule has 0 fully saturated rings. The van der Waals surface area contributed by atoms with Crippen LogP contribution in [0.1, 0.15) is 59.9 Å². The highest BCUT2D eigenvalue weighted by Gasteiger charge is 2.25. The third-order valence-corrected chi connectivity index (χ3v) is 7.18. The van der Waals surface area contributed by atoms with Crippen molar-refractivity contribution in [3.8, 4) is 0 Å². The minimum absolute atomic E-state index is 0.140. The van der Waals surface area contributed by atoms with Crippen LogP contribution in [0.5, 0.6) is 0 Å². The average molecular weight is 445 g/mol. The van der Waals surface area contributed by atoms with E-state index < -0.39 is 5.91 Å². The molecule has 1 aliphatic rings. The molecule has 30 heavy (non-hydrogen) atoms. The number of hydrogen-bond acceptors (Lipinski definition) is 7. The molecule has 2 N–H and O–H groups in total. The molecule has 9 heteroatoms. The molecule has 4 rings (SSSR count). The van der Waals surface area contributed by atoms with Crippen LogP contribution in [-0.2, 0) is 17.6 Å². The molecular formula is C21H24N4O3S2. The number of amides is 2. The predicted octanol–water partition coefficient (Wildman–Crippen LogP) is 4.09. The van der Waals surface area contributed by atoms with Gasteiger partial charge in [-0.25, -0.2) is 9.97 Å². The quantitative estimate of drug-likeness (QED) is 0.350. The number of thiophene rings is 1. The van der Waals surface area contributed by atoms with Gasteiger partial charge in [0, 0.05) is 16.2 Å². The first kappa shape index (κ1) is 20.9. The molecule has 2 amide bonds. The van der Waals surface area contributed by atoms with Gasteiger partial charge in [0.05, 0.1) is 12.0 Å². The smallest absolute Gasteiger partial charge is 0.305 e. The number of rotatable bonds is 5. The minimum atomic E-state index is -0.495. The highest BCUT2D eigenvalue weighted by molar-refractivity contribution is 8.00. The summed E-state index contributed by atoms with van der Waals surface area (Å²) in [4.78, 5) is 36.2. The van der Waals surface area contributed by atoms with Crippen LogP contribution in [0.4, 0.5) is 0 Å². The summed E-state index contributed by atoms with van der Waals surface area (Å²) in [5, 5.41) is 1.95. The molecule has 0 aliphatic heterocycles. The fraction of sp³-hybridized carbons (Fsp3) is 0.429. The molecule has 1 aliphatic carbocycles. The third-order valence-electron chi connectivity index (χ3n) is 5.06. The van der Waals surface area contributed by atoms with E-state index in [1.807, 2.05) is 0 Å². The number of nitrogens with one attached hydrogen (secondary N) is 2. The van der Waals surface area contributed by atoms with Crippen LogP contribution in [0.3, 0.4) is 0 Å². The third kappa shape index (κ3) is 4.37. The van der Waals surface area contributed by atoms with Crippen molar-refractivity contribution < 1.29 is 14.0 Å². The molecule has 0 bridgehead atoms. The summed E-state index contributed by atoms with van der Waals surface area (Å²) in [6.45, 7) is 6.43. The van der Waals surface area contributed by atoms with E-state index in [2.05, 4.69) is 31.6 Å². The Hall–Kier alpha value is -2.39. The lowest BCUT2D eigenvalue weighted by molar-refractivity contribution is -0.119. The maximum absolute atomic E-state index is 12.3. The lowest BCUT2D eigenvalue weighted by Crippen LogP contribution is -2.42. The maximum atomic E-state index is 12.3. The standard InChI is InChI=1S/C21H24N4O3S2/c1-11(2)18-22-20(17-13-7-6-12(3)9-15(13)30-21(17)23-18)29-10-16(26)24-25-19(27)14-5-4-8-28-14/h4-5,8,11-12H,6-7,9-10H2,1-3H3,(H,24,26)(H,25,27). The monoisotopic (exact) mass is 444 g/mol. The van der Waals surface area contributed by atoms with Crippen LogP contribution >= 0.6 is 23.1 Å². The molecule has 3 aromatic heterocycles. The van der Waals surface area contributed by atoms with Crippen molar-refractivity contribution in [1.29, 1.82) is 0 Å². The molecular weight excluding hydrogens is 420 g/mol. The number of aryl methyl sites for hydroxylation is 1. The zero-order valence-electron chi connectivity index (χ0n) is 17.2. The molecule has 1 atom stereocenters. The van der Waals surface area contributed by atoms with Gasteiger partial charge in [0.25, 0.3) is 0 Å². The molecule has 158 valence electrons. The number of hydrazine groups is 1. The summed E-state index contributed by atoms with van der Waals surface area (Å²) in [5.74, 6) is 1.16. The summed E-state index contributed by atoms with van der Waals surface area (Å²) >= 11 is 3.15. The van der Waals surface area contributed by atoms with Crippen LogP contribution in [-0.4, -0.2) is 27.5 Å². The van der Waals surface area contributed by atoms with Crippen LogP contribution in [0.25, 0.3) is 10.2 Å². The average Bonchev–Trinajstić information content (AvgIpc) is 3.37. The Morgan fingerprint density at radius 3 is 2.90 bits per heavy atom. The first-order valence-corrected chi connectivity index (χ1v) is 11.8. The van der Waals surface area contributed by atoms with Crippen LogP contribution < -0.4 is 10.9 Å². The maximum Gasteiger partial charge on any atom is 0.305 e. The van der Waals surface area contributed by atoms with Crippen molar-refractivity contribution in [2.45, 2.75) is 51.0 Å². The molecule has 0 aromatic carbocycles. The van der Waals surface area contributed by atoms with Gasteiger partial charge in [-0.15, -0.1) is 11.3 Å².